The van der Waals surface area contributed by atoms with Crippen molar-refractivity contribution in [2.45, 2.75) is 23.9 Å². The fourth-order valence-corrected chi connectivity index (χ4v) is 5.04. The first-order valence-electron chi connectivity index (χ1n) is 9.09. The van der Waals surface area contributed by atoms with Gasteiger partial charge in [0, 0.05) is 5.02 Å². The number of hydrogen-bond acceptors (Lipinski definition) is 5. The molecule has 1 unspecified atom stereocenters. The monoisotopic (exact) mass is 444 g/mol. The number of nitrogens with zero attached hydrogens (tertiary/aromatic N) is 2. The summed E-state index contributed by atoms with van der Waals surface area (Å²) in [5.74, 6) is -0.742. The van der Waals surface area contributed by atoms with Gasteiger partial charge in [0.15, 0.2) is 0 Å². The van der Waals surface area contributed by atoms with Crippen LogP contribution in [0.15, 0.2) is 82.3 Å². The molecule has 3 aromatic rings. The van der Waals surface area contributed by atoms with Crippen molar-refractivity contribution in [3.05, 3.63) is 83.8 Å². The molecule has 1 fully saturated rings. The van der Waals surface area contributed by atoms with Crippen molar-refractivity contribution in [1.82, 2.24) is 4.31 Å². The molecule has 1 aromatic heterocycles. The molecule has 2 amide bonds. The Morgan fingerprint density at radius 3 is 2.33 bits per heavy atom. The molecule has 1 aliphatic rings. The van der Waals surface area contributed by atoms with Gasteiger partial charge >= 0.3 is 0 Å². The maximum Gasteiger partial charge on any atom is 0.252 e. The SMILES string of the molecule is O=C1CC(N(Cc2ccco2)S(=O)(=O)c2ccccc2)C(=O)N1c1ccc(Cl)cc1. The van der Waals surface area contributed by atoms with Gasteiger partial charge in [0.1, 0.15) is 11.8 Å². The molecule has 0 spiro atoms. The first-order chi connectivity index (χ1) is 14.4. The third-order valence-corrected chi connectivity index (χ3v) is 6.92. The number of carbonyl (C=O) groups excluding carboxylic acids is 2. The van der Waals surface area contributed by atoms with E-state index < -0.39 is 27.9 Å². The summed E-state index contributed by atoms with van der Waals surface area (Å²) < 4.78 is 33.1. The molecule has 0 aliphatic carbocycles. The quantitative estimate of drug-likeness (QED) is 0.543. The van der Waals surface area contributed by atoms with E-state index in [0.717, 1.165) is 9.21 Å². The van der Waals surface area contributed by atoms with Crippen molar-refractivity contribution in [3.63, 3.8) is 0 Å². The second-order valence-corrected chi connectivity index (χ2v) is 9.03. The van der Waals surface area contributed by atoms with Crippen LogP contribution in [0.4, 0.5) is 5.69 Å². The number of benzene rings is 2. The fourth-order valence-electron chi connectivity index (χ4n) is 3.35. The topological polar surface area (TPSA) is 87.9 Å². The van der Waals surface area contributed by atoms with Crippen LogP contribution < -0.4 is 4.90 Å². The van der Waals surface area contributed by atoms with E-state index in [1.807, 2.05) is 0 Å². The van der Waals surface area contributed by atoms with Gasteiger partial charge in [-0.25, -0.2) is 13.3 Å². The Bertz CT molecular complexity index is 1160. The molecule has 0 radical (unpaired) electrons. The lowest BCUT2D eigenvalue weighted by atomic mass is 10.2. The minimum absolute atomic E-state index is 0.0294. The number of furan rings is 1. The standard InChI is InChI=1S/C21H17ClN2O5S/c22-15-8-10-16(11-9-15)24-20(25)13-19(21(24)26)23(14-17-5-4-12-29-17)30(27,28)18-6-2-1-3-7-18/h1-12,19H,13-14H2. The Balaban J connectivity index is 1.73. The first-order valence-corrected chi connectivity index (χ1v) is 10.9. The van der Waals surface area contributed by atoms with Crippen molar-refractivity contribution in [3.8, 4) is 0 Å². The van der Waals surface area contributed by atoms with Gasteiger partial charge in [-0.05, 0) is 48.5 Å². The number of carbonyl (C=O) groups is 2. The molecule has 9 heteroatoms. The summed E-state index contributed by atoms with van der Waals surface area (Å²) in [6.45, 7) is -0.178. The van der Waals surface area contributed by atoms with Gasteiger partial charge in [-0.1, -0.05) is 29.8 Å². The molecule has 2 heterocycles. The molecule has 1 saturated heterocycles. The van der Waals surface area contributed by atoms with Crippen molar-refractivity contribution in [1.29, 1.82) is 0 Å². The third-order valence-electron chi connectivity index (χ3n) is 4.80. The molecule has 0 N–H and O–H groups in total. The van der Waals surface area contributed by atoms with E-state index in [0.29, 0.717) is 16.5 Å². The molecule has 154 valence electrons. The molecular weight excluding hydrogens is 428 g/mol. The number of hydrogen-bond donors (Lipinski definition) is 0. The number of halogens is 1. The smallest absolute Gasteiger partial charge is 0.252 e. The van der Waals surface area contributed by atoms with Crippen LogP contribution in [0.1, 0.15) is 12.2 Å². The fraction of sp³-hybridized carbons (Fsp3) is 0.143. The summed E-state index contributed by atoms with van der Waals surface area (Å²) in [4.78, 5) is 26.9. The zero-order valence-electron chi connectivity index (χ0n) is 15.6. The second kappa shape index (κ2) is 8.06. The summed E-state index contributed by atoms with van der Waals surface area (Å²) in [5.41, 5.74) is 0.340. The lowest BCUT2D eigenvalue weighted by Gasteiger charge is -2.26. The highest BCUT2D eigenvalue weighted by atomic mass is 35.5. The molecule has 1 atom stereocenters. The minimum atomic E-state index is -4.08. The lowest BCUT2D eigenvalue weighted by molar-refractivity contribution is -0.122. The summed E-state index contributed by atoms with van der Waals surface area (Å²) >= 11 is 5.89. The normalized spacial score (nSPS) is 17.1. The van der Waals surface area contributed by atoms with Crippen LogP contribution in [0, 0.1) is 0 Å². The van der Waals surface area contributed by atoms with Crippen molar-refractivity contribution in [2.75, 3.05) is 4.90 Å². The van der Waals surface area contributed by atoms with Crippen LogP contribution in [-0.2, 0) is 26.2 Å². The Kier molecular flexibility index (Phi) is 5.46. The maximum atomic E-state index is 13.4. The van der Waals surface area contributed by atoms with E-state index in [-0.39, 0.29) is 17.9 Å². The highest BCUT2D eigenvalue weighted by molar-refractivity contribution is 7.89. The summed E-state index contributed by atoms with van der Waals surface area (Å²) in [6.07, 6.45) is 1.15. The van der Waals surface area contributed by atoms with Crippen LogP contribution >= 0.6 is 11.6 Å². The van der Waals surface area contributed by atoms with Crippen LogP contribution in [0.25, 0.3) is 0 Å². The van der Waals surface area contributed by atoms with Gasteiger partial charge < -0.3 is 4.42 Å². The van der Waals surface area contributed by atoms with Crippen molar-refractivity contribution in [2.24, 2.45) is 0 Å². The predicted octanol–water partition coefficient (Wildman–Crippen LogP) is 3.46. The zero-order chi connectivity index (χ0) is 21.3. The Hall–Kier alpha value is -2.94. The zero-order valence-corrected chi connectivity index (χ0v) is 17.2. The summed E-state index contributed by atoms with van der Waals surface area (Å²) in [7, 11) is -4.08. The summed E-state index contributed by atoms with van der Waals surface area (Å²) in [6, 6.07) is 16.1. The van der Waals surface area contributed by atoms with Gasteiger partial charge in [0.05, 0.1) is 29.8 Å². The predicted molar refractivity (Wildman–Crippen MR) is 110 cm³/mol. The molecule has 0 saturated carbocycles. The molecule has 30 heavy (non-hydrogen) atoms. The van der Waals surface area contributed by atoms with Gasteiger partial charge in [-0.3, -0.25) is 9.59 Å². The van der Waals surface area contributed by atoms with E-state index in [1.54, 1.807) is 54.6 Å². The van der Waals surface area contributed by atoms with Crippen LogP contribution in [0.2, 0.25) is 5.02 Å². The van der Waals surface area contributed by atoms with Gasteiger partial charge in [0.2, 0.25) is 15.9 Å². The second-order valence-electron chi connectivity index (χ2n) is 6.71. The van der Waals surface area contributed by atoms with Crippen LogP contribution in [0.5, 0.6) is 0 Å². The Labute approximate surface area is 178 Å². The van der Waals surface area contributed by atoms with Crippen molar-refractivity contribution >= 4 is 39.1 Å². The Morgan fingerprint density at radius 2 is 1.70 bits per heavy atom. The molecular formula is C21H17ClN2O5S. The molecule has 1 aliphatic heterocycles. The largest absolute Gasteiger partial charge is 0.468 e. The molecule has 4 rings (SSSR count). The average molecular weight is 445 g/mol. The van der Waals surface area contributed by atoms with Gasteiger partial charge in [-0.15, -0.1) is 0 Å². The highest BCUT2D eigenvalue weighted by Crippen LogP contribution is 2.31. The lowest BCUT2D eigenvalue weighted by Crippen LogP contribution is -2.45. The molecule has 0 bridgehead atoms. The molecule has 2 aromatic carbocycles. The maximum absolute atomic E-state index is 13.4. The number of imide groups is 1. The Morgan fingerprint density at radius 1 is 1.00 bits per heavy atom. The number of rotatable bonds is 6. The van der Waals surface area contributed by atoms with Crippen LogP contribution in [-0.4, -0.2) is 30.6 Å². The first kappa shape index (κ1) is 20.3. The van der Waals surface area contributed by atoms with Gasteiger partial charge in [0.25, 0.3) is 5.91 Å². The van der Waals surface area contributed by atoms with Gasteiger partial charge in [-0.2, -0.15) is 4.31 Å². The minimum Gasteiger partial charge on any atom is -0.468 e. The highest BCUT2D eigenvalue weighted by Gasteiger charge is 2.47. The number of anilines is 1. The van der Waals surface area contributed by atoms with E-state index in [1.165, 1.54) is 18.4 Å². The van der Waals surface area contributed by atoms with Crippen molar-refractivity contribution < 1.29 is 22.4 Å². The van der Waals surface area contributed by atoms with E-state index >= 15 is 0 Å². The number of amides is 2. The van der Waals surface area contributed by atoms with E-state index in [9.17, 15) is 18.0 Å². The average Bonchev–Trinajstić information content (AvgIpc) is 3.35. The number of sulfonamides is 1. The van der Waals surface area contributed by atoms with E-state index in [4.69, 9.17) is 16.0 Å². The third kappa shape index (κ3) is 3.77. The molecule has 7 nitrogen and oxygen atoms in total. The summed E-state index contributed by atoms with van der Waals surface area (Å²) in [5, 5.41) is 0.459. The van der Waals surface area contributed by atoms with E-state index in [2.05, 4.69) is 0 Å². The van der Waals surface area contributed by atoms with Crippen LogP contribution in [0.3, 0.4) is 0 Å².